The maximum absolute atomic E-state index is 13.1. The zero-order valence-electron chi connectivity index (χ0n) is 23.3. The maximum atomic E-state index is 13.1. The molecule has 2 aromatic carbocycles. The zero-order chi connectivity index (χ0) is 29.6. The molecular weight excluding hydrogens is 562 g/mol. The van der Waals surface area contributed by atoms with Crippen molar-refractivity contribution in [2.24, 2.45) is 0 Å². The number of urea groups is 1. The highest BCUT2D eigenvalue weighted by atomic mass is 32.2. The minimum absolute atomic E-state index is 0.0511. The number of unbranched alkanes of at least 4 members (excludes halogenated alkanes) is 2. The average Bonchev–Trinajstić information content (AvgIpc) is 3.29. The summed E-state index contributed by atoms with van der Waals surface area (Å²) in [5.74, 6) is -1.52. The molecule has 41 heavy (non-hydrogen) atoms. The third kappa shape index (κ3) is 7.09. The van der Waals surface area contributed by atoms with Gasteiger partial charge in [0.25, 0.3) is 21.9 Å². The predicted octanol–water partition coefficient (Wildman–Crippen LogP) is 5.74. The van der Waals surface area contributed by atoms with Gasteiger partial charge >= 0.3 is 6.03 Å². The van der Waals surface area contributed by atoms with E-state index in [1.165, 1.54) is 6.08 Å². The predicted molar refractivity (Wildman–Crippen MR) is 162 cm³/mol. The third-order valence-corrected chi connectivity index (χ3v) is 8.91. The summed E-state index contributed by atoms with van der Waals surface area (Å²) < 4.78 is 31.9. The Hall–Kier alpha value is -3.41. The second-order valence-electron chi connectivity index (χ2n) is 9.90. The standard InChI is InChI=1S/C30H35N3O6S2/c1-3-5-18-32-28(34)24(29(35)33(30(32)36)19-6-4-2)14-9-10-15-26-31(20-11-21-41(37,38)39)25-17-16-22-12-7-8-13-23(22)27(25)40-26/h7-10,12-17H,3-6,11,18-21H2,1-2H3,(H,37,38,39). The van der Waals surface area contributed by atoms with E-state index < -0.39 is 28.0 Å². The van der Waals surface area contributed by atoms with Gasteiger partial charge in [-0.1, -0.05) is 80.9 Å². The highest BCUT2D eigenvalue weighted by molar-refractivity contribution is 8.04. The smallest absolute Gasteiger partial charge is 0.333 e. The highest BCUT2D eigenvalue weighted by Gasteiger charge is 2.41. The molecule has 9 nitrogen and oxygen atoms in total. The lowest BCUT2D eigenvalue weighted by Crippen LogP contribution is -2.56. The van der Waals surface area contributed by atoms with Gasteiger partial charge in [0.1, 0.15) is 5.57 Å². The number of hydrogen-bond donors (Lipinski definition) is 1. The lowest BCUT2D eigenvalue weighted by molar-refractivity contribution is -0.136. The number of barbiturate groups is 1. The molecule has 0 aromatic heterocycles. The lowest BCUT2D eigenvalue weighted by atomic mass is 10.1. The summed E-state index contributed by atoms with van der Waals surface area (Å²) in [6.07, 6.45) is 9.79. The Labute approximate surface area is 245 Å². The number of carbonyl (C=O) groups is 3. The number of carbonyl (C=O) groups excluding carboxylic acids is 3. The van der Waals surface area contributed by atoms with Gasteiger partial charge in [-0.05, 0) is 48.3 Å². The molecule has 4 amide bonds. The summed E-state index contributed by atoms with van der Waals surface area (Å²) >= 11 is 1.55. The van der Waals surface area contributed by atoms with Crippen LogP contribution in [0.2, 0.25) is 0 Å². The van der Waals surface area contributed by atoms with E-state index >= 15 is 0 Å². The third-order valence-electron chi connectivity index (χ3n) is 6.90. The first-order valence-electron chi connectivity index (χ1n) is 13.8. The van der Waals surface area contributed by atoms with Crippen molar-refractivity contribution in [2.45, 2.75) is 50.8 Å². The van der Waals surface area contributed by atoms with E-state index in [1.807, 2.05) is 61.2 Å². The molecule has 0 atom stereocenters. The minimum atomic E-state index is -4.08. The van der Waals surface area contributed by atoms with Gasteiger partial charge in [0, 0.05) is 24.5 Å². The number of thioether (sulfide) groups is 1. The van der Waals surface area contributed by atoms with Crippen molar-refractivity contribution in [2.75, 3.05) is 30.3 Å². The molecule has 2 heterocycles. The molecule has 4 rings (SSSR count). The summed E-state index contributed by atoms with van der Waals surface area (Å²) in [7, 11) is -4.08. The molecule has 1 saturated heterocycles. The van der Waals surface area contributed by atoms with Crippen molar-refractivity contribution in [1.82, 2.24) is 9.80 Å². The Morgan fingerprint density at radius 2 is 1.41 bits per heavy atom. The number of imide groups is 2. The van der Waals surface area contributed by atoms with Gasteiger partial charge in [-0.3, -0.25) is 23.9 Å². The van der Waals surface area contributed by atoms with Gasteiger partial charge < -0.3 is 4.90 Å². The molecular formula is C30H35N3O6S2. The zero-order valence-corrected chi connectivity index (χ0v) is 24.9. The Morgan fingerprint density at radius 1 is 0.805 bits per heavy atom. The molecule has 2 aliphatic heterocycles. The fraction of sp³-hybridized carbons (Fsp3) is 0.367. The SMILES string of the molecule is CCCCN1C(=O)C(=CC=CC=C2Sc3c(ccc4ccccc34)N2CCCS(=O)(=O)O)C(=O)N(CCCC)C1=O. The van der Waals surface area contributed by atoms with E-state index in [9.17, 15) is 27.4 Å². The number of hydrogen-bond acceptors (Lipinski definition) is 7. The highest BCUT2D eigenvalue weighted by Crippen LogP contribution is 2.49. The topological polar surface area (TPSA) is 115 Å². The normalized spacial score (nSPS) is 17.0. The van der Waals surface area contributed by atoms with Crippen LogP contribution in [-0.4, -0.2) is 66.0 Å². The number of allylic oxidation sites excluding steroid dienone is 4. The second kappa shape index (κ2) is 13.5. The summed E-state index contributed by atoms with van der Waals surface area (Å²) in [5.41, 5.74) is 0.890. The maximum Gasteiger partial charge on any atom is 0.333 e. The fourth-order valence-corrected chi connectivity index (χ4v) is 6.48. The first kappa shape index (κ1) is 30.5. The van der Waals surface area contributed by atoms with Crippen molar-refractivity contribution >= 4 is 56.2 Å². The molecule has 0 spiro atoms. The van der Waals surface area contributed by atoms with E-state index in [-0.39, 0.29) is 30.8 Å². The molecule has 2 aromatic rings. The van der Waals surface area contributed by atoms with Crippen LogP contribution >= 0.6 is 11.8 Å². The van der Waals surface area contributed by atoms with Crippen LogP contribution in [0.5, 0.6) is 0 Å². The van der Waals surface area contributed by atoms with E-state index in [2.05, 4.69) is 0 Å². The first-order chi connectivity index (χ1) is 19.7. The molecule has 0 radical (unpaired) electrons. The van der Waals surface area contributed by atoms with Crippen molar-refractivity contribution in [1.29, 1.82) is 0 Å². The van der Waals surface area contributed by atoms with Crippen molar-refractivity contribution in [3.05, 3.63) is 71.3 Å². The monoisotopic (exact) mass is 597 g/mol. The number of fused-ring (bicyclic) bond motifs is 3. The van der Waals surface area contributed by atoms with E-state index in [0.717, 1.165) is 49.0 Å². The van der Waals surface area contributed by atoms with Gasteiger partial charge in [-0.2, -0.15) is 8.42 Å². The van der Waals surface area contributed by atoms with Crippen LogP contribution < -0.4 is 4.90 Å². The van der Waals surface area contributed by atoms with Crippen LogP contribution in [0.3, 0.4) is 0 Å². The fourth-order valence-electron chi connectivity index (χ4n) is 4.75. The van der Waals surface area contributed by atoms with Gasteiger partial charge in [0.2, 0.25) is 0 Å². The molecule has 0 bridgehead atoms. The Bertz CT molecular complexity index is 1500. The average molecular weight is 598 g/mol. The second-order valence-corrected chi connectivity index (χ2v) is 12.5. The molecule has 0 aliphatic carbocycles. The van der Waals surface area contributed by atoms with Crippen LogP contribution in [-0.2, 0) is 19.7 Å². The van der Waals surface area contributed by atoms with Crippen molar-refractivity contribution in [3.8, 4) is 0 Å². The number of rotatable bonds is 12. The molecule has 11 heteroatoms. The van der Waals surface area contributed by atoms with E-state index in [1.54, 1.807) is 23.9 Å². The van der Waals surface area contributed by atoms with Crippen LogP contribution in [0, 0.1) is 0 Å². The van der Waals surface area contributed by atoms with Gasteiger partial charge in [-0.25, -0.2) is 4.79 Å². The van der Waals surface area contributed by atoms with Gasteiger partial charge in [0.05, 0.1) is 16.5 Å². The molecule has 0 saturated carbocycles. The van der Waals surface area contributed by atoms with Crippen LogP contribution in [0.1, 0.15) is 46.0 Å². The Balaban J connectivity index is 1.61. The Kier molecular flexibility index (Phi) is 10.1. The Morgan fingerprint density at radius 3 is 2.05 bits per heavy atom. The molecule has 0 unspecified atom stereocenters. The molecule has 2 aliphatic rings. The number of benzene rings is 2. The molecule has 1 fully saturated rings. The molecule has 1 N–H and O–H groups in total. The largest absolute Gasteiger partial charge is 0.335 e. The summed E-state index contributed by atoms with van der Waals surface area (Å²) in [6, 6.07) is 11.5. The number of amides is 4. The van der Waals surface area contributed by atoms with Gasteiger partial charge in [0.15, 0.2) is 0 Å². The first-order valence-corrected chi connectivity index (χ1v) is 16.3. The molecule has 218 valence electrons. The van der Waals surface area contributed by atoms with E-state index in [0.29, 0.717) is 19.4 Å². The van der Waals surface area contributed by atoms with Crippen molar-refractivity contribution in [3.63, 3.8) is 0 Å². The van der Waals surface area contributed by atoms with E-state index in [4.69, 9.17) is 0 Å². The van der Waals surface area contributed by atoms with Crippen LogP contribution in [0.4, 0.5) is 10.5 Å². The summed E-state index contributed by atoms with van der Waals surface area (Å²) in [5, 5.41) is 3.00. The van der Waals surface area contributed by atoms with Gasteiger partial charge in [-0.15, -0.1) is 0 Å². The lowest BCUT2D eigenvalue weighted by Gasteiger charge is -2.33. The van der Waals surface area contributed by atoms with Crippen molar-refractivity contribution < 1.29 is 27.4 Å². The minimum Gasteiger partial charge on any atom is -0.335 e. The van der Waals surface area contributed by atoms with Crippen LogP contribution in [0.15, 0.2) is 76.2 Å². The summed E-state index contributed by atoms with van der Waals surface area (Å²) in [6.45, 7) is 4.84. The number of anilines is 1. The summed E-state index contributed by atoms with van der Waals surface area (Å²) in [4.78, 5) is 44.5. The quantitative estimate of drug-likeness (QED) is 0.187. The van der Waals surface area contributed by atoms with Crippen LogP contribution in [0.25, 0.3) is 10.8 Å². The number of nitrogens with zero attached hydrogens (tertiary/aromatic N) is 3.